The van der Waals surface area contributed by atoms with Gasteiger partial charge in [-0.1, -0.05) is 0 Å². The van der Waals surface area contributed by atoms with E-state index in [9.17, 15) is 13.2 Å². The van der Waals surface area contributed by atoms with Gasteiger partial charge in [0.1, 0.15) is 5.76 Å². The van der Waals surface area contributed by atoms with Gasteiger partial charge in [-0.05, 0) is 28.1 Å². The summed E-state index contributed by atoms with van der Waals surface area (Å²) in [6.45, 7) is 2.60. The average molecular weight is 400 g/mol. The second-order valence-electron chi connectivity index (χ2n) is 4.26. The number of piperazine rings is 1. The van der Waals surface area contributed by atoms with Crippen LogP contribution >= 0.6 is 40.7 Å². The Morgan fingerprint density at radius 1 is 1.25 bits per heavy atom. The Bertz CT molecular complexity index is 397. The van der Waals surface area contributed by atoms with Gasteiger partial charge >= 0.3 is 6.18 Å². The number of rotatable bonds is 3. The van der Waals surface area contributed by atoms with Crippen LogP contribution in [-0.2, 0) is 0 Å². The summed E-state index contributed by atoms with van der Waals surface area (Å²) in [5, 5.41) is 3.13. The van der Waals surface area contributed by atoms with E-state index in [1.54, 1.807) is 12.1 Å². The van der Waals surface area contributed by atoms with Gasteiger partial charge in [0.15, 0.2) is 4.67 Å². The molecule has 1 atom stereocenters. The topological polar surface area (TPSA) is 28.4 Å². The molecule has 9 heteroatoms. The Kier molecular flexibility index (Phi) is 8.50. The normalized spacial score (nSPS) is 18.0. The third-order valence-electron chi connectivity index (χ3n) is 2.94. The maximum Gasteiger partial charge on any atom is 0.391 e. The lowest BCUT2D eigenvalue weighted by Gasteiger charge is -2.34. The van der Waals surface area contributed by atoms with Crippen molar-refractivity contribution in [2.24, 2.45) is 0 Å². The molecule has 0 radical (unpaired) electrons. The molecule has 0 spiro atoms. The first-order valence-corrected chi connectivity index (χ1v) is 6.52. The largest absolute Gasteiger partial charge is 0.453 e. The van der Waals surface area contributed by atoms with Gasteiger partial charge in [0.05, 0.1) is 12.5 Å². The first-order valence-electron chi connectivity index (χ1n) is 5.72. The smallest absolute Gasteiger partial charge is 0.391 e. The highest BCUT2D eigenvalue weighted by atomic mass is 79.9. The van der Waals surface area contributed by atoms with Crippen molar-refractivity contribution < 1.29 is 17.6 Å². The van der Waals surface area contributed by atoms with Crippen molar-refractivity contribution >= 4 is 40.7 Å². The fourth-order valence-corrected chi connectivity index (χ4v) is 2.45. The molecule has 1 aliphatic heterocycles. The molecule has 0 aliphatic carbocycles. The molecule has 0 saturated carbocycles. The molecule has 2 rings (SSSR count). The number of hydrogen-bond donors (Lipinski definition) is 1. The predicted octanol–water partition coefficient (Wildman–Crippen LogP) is 3.78. The molecule has 20 heavy (non-hydrogen) atoms. The van der Waals surface area contributed by atoms with Crippen molar-refractivity contribution in [2.75, 3.05) is 26.2 Å². The van der Waals surface area contributed by atoms with Gasteiger partial charge in [-0.2, -0.15) is 13.2 Å². The molecule has 0 unspecified atom stereocenters. The Hall–Kier alpha value is 0.0500. The van der Waals surface area contributed by atoms with Gasteiger partial charge in [0.25, 0.3) is 0 Å². The van der Waals surface area contributed by atoms with Crippen molar-refractivity contribution in [1.29, 1.82) is 0 Å². The molecule has 1 aromatic heterocycles. The van der Waals surface area contributed by atoms with Crippen LogP contribution in [0.2, 0.25) is 0 Å². The second-order valence-corrected chi connectivity index (χ2v) is 5.04. The van der Waals surface area contributed by atoms with Crippen molar-refractivity contribution in [3.63, 3.8) is 0 Å². The van der Waals surface area contributed by atoms with E-state index >= 15 is 0 Å². The Labute approximate surface area is 136 Å². The summed E-state index contributed by atoms with van der Waals surface area (Å²) in [4.78, 5) is 1.81. The predicted molar refractivity (Wildman–Crippen MR) is 78.8 cm³/mol. The van der Waals surface area contributed by atoms with Crippen LogP contribution in [0, 0.1) is 0 Å². The minimum absolute atomic E-state index is 0. The van der Waals surface area contributed by atoms with Crippen molar-refractivity contribution in [3.05, 3.63) is 22.6 Å². The number of nitrogens with zero attached hydrogens (tertiary/aromatic N) is 1. The molecular weight excluding hydrogens is 384 g/mol. The van der Waals surface area contributed by atoms with Gasteiger partial charge in [-0.15, -0.1) is 24.8 Å². The first-order chi connectivity index (χ1) is 8.46. The molecule has 1 saturated heterocycles. The molecule has 1 fully saturated rings. The van der Waals surface area contributed by atoms with E-state index < -0.39 is 18.6 Å². The van der Waals surface area contributed by atoms with Gasteiger partial charge in [-0.25, -0.2) is 0 Å². The zero-order valence-corrected chi connectivity index (χ0v) is 13.7. The van der Waals surface area contributed by atoms with E-state index in [2.05, 4.69) is 21.2 Å². The first kappa shape index (κ1) is 20.1. The van der Waals surface area contributed by atoms with Crippen LogP contribution in [0.1, 0.15) is 18.2 Å². The maximum atomic E-state index is 12.7. The summed E-state index contributed by atoms with van der Waals surface area (Å²) < 4.78 is 43.7. The molecule has 3 nitrogen and oxygen atoms in total. The van der Waals surface area contributed by atoms with Crippen LogP contribution in [0.15, 0.2) is 21.2 Å². The lowest BCUT2D eigenvalue weighted by Crippen LogP contribution is -2.46. The summed E-state index contributed by atoms with van der Waals surface area (Å²) in [6.07, 6.45) is -5.08. The molecule has 0 bridgehead atoms. The second kappa shape index (κ2) is 8.48. The third-order valence-corrected chi connectivity index (χ3v) is 3.37. The van der Waals surface area contributed by atoms with Crippen LogP contribution in [0.25, 0.3) is 0 Å². The van der Waals surface area contributed by atoms with Gasteiger partial charge < -0.3 is 9.73 Å². The van der Waals surface area contributed by atoms with Crippen LogP contribution in [-0.4, -0.2) is 37.3 Å². The van der Waals surface area contributed by atoms with E-state index in [4.69, 9.17) is 4.42 Å². The number of furan rings is 1. The lowest BCUT2D eigenvalue weighted by molar-refractivity contribution is -0.150. The number of hydrogen-bond acceptors (Lipinski definition) is 3. The quantitative estimate of drug-likeness (QED) is 0.838. The van der Waals surface area contributed by atoms with E-state index in [1.807, 2.05) is 4.90 Å². The van der Waals surface area contributed by atoms with E-state index in [-0.39, 0.29) is 24.8 Å². The fourth-order valence-electron chi connectivity index (χ4n) is 2.13. The summed E-state index contributed by atoms with van der Waals surface area (Å²) in [5.74, 6) is 0.362. The maximum absolute atomic E-state index is 12.7. The molecule has 0 aromatic carbocycles. The summed E-state index contributed by atoms with van der Waals surface area (Å²) in [7, 11) is 0. The molecule has 0 amide bonds. The van der Waals surface area contributed by atoms with Gasteiger partial charge in [0, 0.05) is 26.2 Å². The van der Waals surface area contributed by atoms with Crippen LogP contribution < -0.4 is 5.32 Å². The van der Waals surface area contributed by atoms with Crippen LogP contribution in [0.3, 0.4) is 0 Å². The van der Waals surface area contributed by atoms with Crippen LogP contribution in [0.5, 0.6) is 0 Å². The Balaban J connectivity index is 0.00000180. The van der Waals surface area contributed by atoms with Crippen molar-refractivity contribution in [2.45, 2.75) is 18.6 Å². The van der Waals surface area contributed by atoms with E-state index in [0.717, 1.165) is 0 Å². The SMILES string of the molecule is Cl.Cl.FC(F)(F)C[C@H](c1ccc(Br)o1)N1CCNCC1. The minimum Gasteiger partial charge on any atom is -0.453 e. The molecule has 1 aromatic rings. The highest BCUT2D eigenvalue weighted by Gasteiger charge is 2.37. The van der Waals surface area contributed by atoms with Gasteiger partial charge in [0.2, 0.25) is 0 Å². The molecule has 118 valence electrons. The Morgan fingerprint density at radius 3 is 2.30 bits per heavy atom. The summed E-state index contributed by atoms with van der Waals surface area (Å²) >= 11 is 3.13. The number of nitrogens with one attached hydrogen (secondary N) is 1. The number of halogens is 6. The Morgan fingerprint density at radius 2 is 1.85 bits per heavy atom. The third kappa shape index (κ3) is 5.81. The zero-order valence-electron chi connectivity index (χ0n) is 10.5. The summed E-state index contributed by atoms with van der Waals surface area (Å²) in [6, 6.07) is 2.49. The zero-order chi connectivity index (χ0) is 13.2. The highest BCUT2D eigenvalue weighted by Crippen LogP contribution is 2.35. The highest BCUT2D eigenvalue weighted by molar-refractivity contribution is 9.10. The standard InChI is InChI=1S/C11H14BrF3N2O.2ClH/c12-10-2-1-9(18-10)8(7-11(13,14)15)17-5-3-16-4-6-17;;/h1-2,8,16H,3-7H2;2*1H/t8-;;/m1../s1. The molecule has 2 heterocycles. The van der Waals surface area contributed by atoms with Gasteiger partial charge in [-0.3, -0.25) is 4.90 Å². The van der Waals surface area contributed by atoms with Crippen molar-refractivity contribution in [1.82, 2.24) is 10.2 Å². The molecule has 1 aliphatic rings. The van der Waals surface area contributed by atoms with Crippen molar-refractivity contribution in [3.8, 4) is 0 Å². The minimum atomic E-state index is -4.20. The molecular formula is C11H16BrCl2F3N2O. The average Bonchev–Trinajstić information content (AvgIpc) is 2.73. The number of alkyl halides is 3. The van der Waals surface area contributed by atoms with Crippen LogP contribution in [0.4, 0.5) is 13.2 Å². The fraction of sp³-hybridized carbons (Fsp3) is 0.636. The van der Waals surface area contributed by atoms with E-state index in [0.29, 0.717) is 36.6 Å². The lowest BCUT2D eigenvalue weighted by atomic mass is 10.1. The van der Waals surface area contributed by atoms with E-state index in [1.165, 1.54) is 0 Å². The monoisotopic (exact) mass is 398 g/mol. The summed E-state index contributed by atoms with van der Waals surface area (Å²) in [5.41, 5.74) is 0. The molecule has 1 N–H and O–H groups in total.